The highest BCUT2D eigenvalue weighted by molar-refractivity contribution is 5.96. The van der Waals surface area contributed by atoms with Crippen molar-refractivity contribution in [2.45, 2.75) is 0 Å². The molecule has 0 N–H and O–H groups in total. The van der Waals surface area contributed by atoms with Crippen LogP contribution in [0, 0.1) is 0 Å². The summed E-state index contributed by atoms with van der Waals surface area (Å²) in [7, 11) is 0. The van der Waals surface area contributed by atoms with Crippen LogP contribution in [-0.2, 0) is 0 Å². The molecule has 0 aliphatic carbocycles. The van der Waals surface area contributed by atoms with Gasteiger partial charge in [-0.15, -0.1) is 0 Å². The Kier molecular flexibility index (Phi) is 4.05. The summed E-state index contributed by atoms with van der Waals surface area (Å²) in [6.45, 7) is 2.68. The van der Waals surface area contributed by atoms with Crippen molar-refractivity contribution in [2.75, 3.05) is 31.1 Å². The summed E-state index contributed by atoms with van der Waals surface area (Å²) < 4.78 is 7.67. The van der Waals surface area contributed by atoms with Gasteiger partial charge >= 0.3 is 0 Å². The highest BCUT2D eigenvalue weighted by Crippen LogP contribution is 2.21. The number of fused-ring (bicyclic) bond motifs is 1. The summed E-state index contributed by atoms with van der Waals surface area (Å²) in [4.78, 5) is 25.6. The second-order valence-electron chi connectivity index (χ2n) is 6.75. The summed E-state index contributed by atoms with van der Waals surface area (Å²) in [6.07, 6.45) is 5.49. The molecule has 28 heavy (non-hydrogen) atoms. The molecule has 140 valence electrons. The molecule has 0 atom stereocenters. The summed E-state index contributed by atoms with van der Waals surface area (Å²) >= 11 is 0. The fraction of sp³-hybridized carbons (Fsp3) is 0.190. The Morgan fingerprint density at radius 1 is 0.893 bits per heavy atom. The van der Waals surface area contributed by atoms with E-state index in [0.29, 0.717) is 31.9 Å². The predicted molar refractivity (Wildman–Crippen MR) is 106 cm³/mol. The quantitative estimate of drug-likeness (QED) is 0.552. The van der Waals surface area contributed by atoms with Crippen LogP contribution in [0.5, 0.6) is 0 Å². The molecule has 0 radical (unpaired) electrons. The molecule has 4 heterocycles. The van der Waals surface area contributed by atoms with Gasteiger partial charge in [-0.2, -0.15) is 0 Å². The second kappa shape index (κ2) is 6.84. The van der Waals surface area contributed by atoms with E-state index in [9.17, 15) is 4.79 Å². The fourth-order valence-electron chi connectivity index (χ4n) is 3.52. The van der Waals surface area contributed by atoms with Crippen molar-refractivity contribution in [1.82, 2.24) is 19.4 Å². The number of hydrogen-bond donors (Lipinski definition) is 0. The normalized spacial score (nSPS) is 14.6. The SMILES string of the molecule is O=C(c1cc2ccccc2o1)N1CCN(c2cc(-n3cccc3)ncn2)CC1. The molecule has 1 aromatic carbocycles. The maximum absolute atomic E-state index is 12.8. The number of para-hydroxylation sites is 1. The number of carbonyl (C=O) groups excluding carboxylic acids is 1. The van der Waals surface area contributed by atoms with Gasteiger partial charge in [-0.3, -0.25) is 4.79 Å². The van der Waals surface area contributed by atoms with Crippen LogP contribution in [0.1, 0.15) is 10.6 Å². The molecule has 1 aliphatic heterocycles. The first-order chi connectivity index (χ1) is 13.8. The molecular weight excluding hydrogens is 354 g/mol. The fourth-order valence-corrected chi connectivity index (χ4v) is 3.52. The number of nitrogens with zero attached hydrogens (tertiary/aromatic N) is 5. The first-order valence-electron chi connectivity index (χ1n) is 9.26. The van der Waals surface area contributed by atoms with Crippen molar-refractivity contribution < 1.29 is 9.21 Å². The molecular formula is C21H19N5O2. The van der Waals surface area contributed by atoms with Gasteiger partial charge < -0.3 is 18.8 Å². The minimum Gasteiger partial charge on any atom is -0.451 e. The van der Waals surface area contributed by atoms with E-state index in [4.69, 9.17) is 4.42 Å². The summed E-state index contributed by atoms with van der Waals surface area (Å²) in [5.41, 5.74) is 0.739. The molecule has 1 aliphatic rings. The van der Waals surface area contributed by atoms with E-state index in [2.05, 4.69) is 14.9 Å². The Hall–Kier alpha value is -3.61. The number of benzene rings is 1. The summed E-state index contributed by atoms with van der Waals surface area (Å²) in [6, 6.07) is 15.4. The predicted octanol–water partition coefficient (Wildman–Crippen LogP) is 2.98. The lowest BCUT2D eigenvalue weighted by atomic mass is 10.2. The van der Waals surface area contributed by atoms with Crippen LogP contribution in [0.3, 0.4) is 0 Å². The van der Waals surface area contributed by atoms with Crippen LogP contribution < -0.4 is 4.90 Å². The minimum absolute atomic E-state index is 0.0634. The van der Waals surface area contributed by atoms with Crippen molar-refractivity contribution >= 4 is 22.7 Å². The molecule has 1 saturated heterocycles. The molecule has 0 spiro atoms. The minimum atomic E-state index is -0.0634. The molecule has 1 amide bonds. The number of amides is 1. The standard InChI is InChI=1S/C21H19N5O2/c27-21(18-13-16-5-1-2-6-17(16)28-18)26-11-9-25(10-12-26)20-14-19(22-15-23-20)24-7-3-4-8-24/h1-8,13-15H,9-12H2. The van der Waals surface area contributed by atoms with Crippen LogP contribution in [0.25, 0.3) is 16.8 Å². The van der Waals surface area contributed by atoms with Gasteiger partial charge in [-0.05, 0) is 24.3 Å². The van der Waals surface area contributed by atoms with Gasteiger partial charge in [0.2, 0.25) is 0 Å². The van der Waals surface area contributed by atoms with Gasteiger partial charge in [0, 0.05) is 50.0 Å². The Balaban J connectivity index is 1.28. The van der Waals surface area contributed by atoms with Gasteiger partial charge in [-0.1, -0.05) is 18.2 Å². The molecule has 0 unspecified atom stereocenters. The van der Waals surface area contributed by atoms with Crippen molar-refractivity contribution in [3.05, 3.63) is 73.0 Å². The average molecular weight is 373 g/mol. The first kappa shape index (κ1) is 16.6. The van der Waals surface area contributed by atoms with Crippen molar-refractivity contribution in [3.63, 3.8) is 0 Å². The molecule has 3 aromatic heterocycles. The number of piperazine rings is 1. The van der Waals surface area contributed by atoms with E-state index >= 15 is 0 Å². The van der Waals surface area contributed by atoms with Gasteiger partial charge in [-0.25, -0.2) is 9.97 Å². The van der Waals surface area contributed by atoms with E-state index < -0.39 is 0 Å². The lowest BCUT2D eigenvalue weighted by Gasteiger charge is -2.35. The molecule has 7 nitrogen and oxygen atoms in total. The summed E-state index contributed by atoms with van der Waals surface area (Å²) in [5, 5.41) is 0.947. The molecule has 0 bridgehead atoms. The van der Waals surface area contributed by atoms with Gasteiger partial charge in [0.1, 0.15) is 23.5 Å². The third kappa shape index (κ3) is 3.00. The largest absolute Gasteiger partial charge is 0.451 e. The van der Waals surface area contributed by atoms with Crippen molar-refractivity contribution in [3.8, 4) is 5.82 Å². The number of furan rings is 1. The van der Waals surface area contributed by atoms with E-state index in [1.807, 2.05) is 70.4 Å². The topological polar surface area (TPSA) is 67.4 Å². The molecule has 5 rings (SSSR count). The summed E-state index contributed by atoms with van der Waals surface area (Å²) in [5.74, 6) is 2.03. The molecule has 4 aromatic rings. The third-order valence-corrected chi connectivity index (χ3v) is 5.03. The monoisotopic (exact) mass is 373 g/mol. The maximum atomic E-state index is 12.8. The lowest BCUT2D eigenvalue weighted by Crippen LogP contribution is -2.49. The number of anilines is 1. The van der Waals surface area contributed by atoms with Gasteiger partial charge in [0.15, 0.2) is 5.76 Å². The van der Waals surface area contributed by atoms with E-state index in [-0.39, 0.29) is 5.91 Å². The third-order valence-electron chi connectivity index (χ3n) is 5.03. The maximum Gasteiger partial charge on any atom is 0.289 e. The number of aromatic nitrogens is 3. The lowest BCUT2D eigenvalue weighted by molar-refractivity contribution is 0.0717. The zero-order valence-electron chi connectivity index (χ0n) is 15.2. The molecule has 7 heteroatoms. The first-order valence-corrected chi connectivity index (χ1v) is 9.26. The average Bonchev–Trinajstić information content (AvgIpc) is 3.43. The number of carbonyl (C=O) groups is 1. The van der Waals surface area contributed by atoms with Crippen LogP contribution in [-0.4, -0.2) is 51.5 Å². The van der Waals surface area contributed by atoms with Crippen LogP contribution >= 0.6 is 0 Å². The Morgan fingerprint density at radius 2 is 1.64 bits per heavy atom. The Bertz CT molecular complexity index is 1080. The zero-order valence-corrected chi connectivity index (χ0v) is 15.2. The Labute approximate surface area is 161 Å². The smallest absolute Gasteiger partial charge is 0.289 e. The van der Waals surface area contributed by atoms with Crippen LogP contribution in [0.15, 0.2) is 71.7 Å². The van der Waals surface area contributed by atoms with E-state index in [1.165, 1.54) is 0 Å². The van der Waals surface area contributed by atoms with Gasteiger partial charge in [0.25, 0.3) is 5.91 Å². The van der Waals surface area contributed by atoms with Gasteiger partial charge in [0.05, 0.1) is 0 Å². The Morgan fingerprint density at radius 3 is 2.43 bits per heavy atom. The highest BCUT2D eigenvalue weighted by Gasteiger charge is 2.25. The second-order valence-corrected chi connectivity index (χ2v) is 6.75. The van der Waals surface area contributed by atoms with Crippen molar-refractivity contribution in [1.29, 1.82) is 0 Å². The van der Waals surface area contributed by atoms with Crippen molar-refractivity contribution in [2.24, 2.45) is 0 Å². The molecule has 0 saturated carbocycles. The molecule has 1 fully saturated rings. The highest BCUT2D eigenvalue weighted by atomic mass is 16.3. The van der Waals surface area contributed by atoms with E-state index in [1.54, 1.807) is 6.33 Å². The number of hydrogen-bond acceptors (Lipinski definition) is 5. The van der Waals surface area contributed by atoms with E-state index in [0.717, 1.165) is 22.6 Å². The van der Waals surface area contributed by atoms with Crippen LogP contribution in [0.4, 0.5) is 5.82 Å². The van der Waals surface area contributed by atoms with Crippen LogP contribution in [0.2, 0.25) is 0 Å². The number of rotatable bonds is 3. The zero-order chi connectivity index (χ0) is 18.9.